The Kier molecular flexibility index (Phi) is 4.66. The summed E-state index contributed by atoms with van der Waals surface area (Å²) in [5, 5.41) is 0. The van der Waals surface area contributed by atoms with E-state index in [4.69, 9.17) is 0 Å². The highest BCUT2D eigenvalue weighted by Crippen LogP contribution is 2.45. The minimum atomic E-state index is -0.313. The van der Waals surface area contributed by atoms with E-state index in [9.17, 15) is 9.18 Å². The van der Waals surface area contributed by atoms with Crippen molar-refractivity contribution in [1.82, 2.24) is 4.90 Å². The van der Waals surface area contributed by atoms with Crippen LogP contribution in [0.25, 0.3) is 0 Å². The van der Waals surface area contributed by atoms with Gasteiger partial charge in [0, 0.05) is 31.9 Å². The molecule has 0 N–H and O–H groups in total. The molecule has 2 fully saturated rings. The Hall–Kier alpha value is -2.36. The summed E-state index contributed by atoms with van der Waals surface area (Å²) in [6.45, 7) is 3.21. The van der Waals surface area contributed by atoms with Gasteiger partial charge in [-0.2, -0.15) is 0 Å². The van der Waals surface area contributed by atoms with E-state index in [1.807, 2.05) is 30.3 Å². The van der Waals surface area contributed by atoms with Crippen molar-refractivity contribution in [2.75, 3.05) is 31.1 Å². The largest absolute Gasteiger partial charge is 0.370 e. The van der Waals surface area contributed by atoms with Gasteiger partial charge in [-0.1, -0.05) is 36.8 Å². The van der Waals surface area contributed by atoms with Crippen LogP contribution in [0, 0.1) is 5.82 Å². The predicted molar refractivity (Wildman–Crippen MR) is 102 cm³/mol. The Labute approximate surface area is 154 Å². The zero-order valence-electron chi connectivity index (χ0n) is 15.0. The van der Waals surface area contributed by atoms with Crippen LogP contribution in [0.15, 0.2) is 54.6 Å². The fourth-order valence-electron chi connectivity index (χ4n) is 4.25. The maximum atomic E-state index is 13.4. The van der Waals surface area contributed by atoms with Gasteiger partial charge in [-0.3, -0.25) is 4.79 Å². The van der Waals surface area contributed by atoms with Gasteiger partial charge < -0.3 is 9.80 Å². The summed E-state index contributed by atoms with van der Waals surface area (Å²) in [6.07, 6.45) is 3.96. The van der Waals surface area contributed by atoms with Crippen LogP contribution >= 0.6 is 0 Å². The normalized spacial score (nSPS) is 19.6. The molecule has 0 atom stereocenters. The second-order valence-electron chi connectivity index (χ2n) is 7.41. The molecule has 1 saturated heterocycles. The SMILES string of the molecule is O=C(N1CCCN(c2ccc(F)cc2)CC1)C1(c2ccccc2)CCC1. The lowest BCUT2D eigenvalue weighted by Crippen LogP contribution is -2.51. The van der Waals surface area contributed by atoms with E-state index in [1.165, 1.54) is 12.1 Å². The number of carbonyl (C=O) groups excluding carboxylic acids is 1. The number of nitrogens with zero attached hydrogens (tertiary/aromatic N) is 2. The van der Waals surface area contributed by atoms with Gasteiger partial charge >= 0.3 is 0 Å². The second kappa shape index (κ2) is 7.10. The van der Waals surface area contributed by atoms with Crippen molar-refractivity contribution in [3.8, 4) is 0 Å². The molecule has 4 heteroatoms. The first-order valence-corrected chi connectivity index (χ1v) is 9.54. The topological polar surface area (TPSA) is 23.6 Å². The quantitative estimate of drug-likeness (QED) is 0.834. The minimum Gasteiger partial charge on any atom is -0.370 e. The third-order valence-corrected chi connectivity index (χ3v) is 5.92. The number of amides is 1. The number of carbonyl (C=O) groups is 1. The van der Waals surface area contributed by atoms with E-state index in [0.717, 1.165) is 63.1 Å². The summed E-state index contributed by atoms with van der Waals surface area (Å²) in [5.74, 6) is 0.0751. The van der Waals surface area contributed by atoms with Crippen molar-refractivity contribution in [3.63, 3.8) is 0 Å². The van der Waals surface area contributed by atoms with Gasteiger partial charge in [0.05, 0.1) is 5.41 Å². The van der Waals surface area contributed by atoms with Crippen molar-refractivity contribution in [1.29, 1.82) is 0 Å². The average Bonchev–Trinajstić information content (AvgIpc) is 2.88. The Morgan fingerprint density at radius 2 is 1.58 bits per heavy atom. The van der Waals surface area contributed by atoms with Crippen LogP contribution in [0.2, 0.25) is 0 Å². The fourth-order valence-corrected chi connectivity index (χ4v) is 4.25. The monoisotopic (exact) mass is 352 g/mol. The number of hydrogen-bond donors (Lipinski definition) is 0. The van der Waals surface area contributed by atoms with Crippen molar-refractivity contribution >= 4 is 11.6 Å². The van der Waals surface area contributed by atoms with Crippen molar-refractivity contribution in [2.45, 2.75) is 31.1 Å². The molecule has 136 valence electrons. The molecule has 0 unspecified atom stereocenters. The molecule has 0 bridgehead atoms. The highest BCUT2D eigenvalue weighted by molar-refractivity contribution is 5.89. The molecule has 0 spiro atoms. The predicted octanol–water partition coefficient (Wildman–Crippen LogP) is 3.99. The summed E-state index contributed by atoms with van der Waals surface area (Å²) in [5.41, 5.74) is 1.88. The van der Waals surface area contributed by atoms with E-state index >= 15 is 0 Å². The van der Waals surface area contributed by atoms with Gasteiger partial charge in [-0.25, -0.2) is 4.39 Å². The Balaban J connectivity index is 1.48. The first kappa shape index (κ1) is 17.1. The fraction of sp³-hybridized carbons (Fsp3) is 0.409. The van der Waals surface area contributed by atoms with Crippen molar-refractivity contribution < 1.29 is 9.18 Å². The summed E-state index contributed by atoms with van der Waals surface area (Å²) >= 11 is 0. The van der Waals surface area contributed by atoms with Gasteiger partial charge in [0.2, 0.25) is 5.91 Å². The molecule has 1 aliphatic carbocycles. The van der Waals surface area contributed by atoms with Crippen LogP contribution in [0.5, 0.6) is 0 Å². The first-order valence-electron chi connectivity index (χ1n) is 9.54. The Bertz CT molecular complexity index is 755. The molecule has 26 heavy (non-hydrogen) atoms. The average molecular weight is 352 g/mol. The highest BCUT2D eigenvalue weighted by atomic mass is 19.1. The molecule has 0 radical (unpaired) electrons. The van der Waals surface area contributed by atoms with Crippen LogP contribution in [-0.2, 0) is 10.2 Å². The van der Waals surface area contributed by atoms with Gasteiger partial charge in [0.1, 0.15) is 5.82 Å². The lowest BCUT2D eigenvalue weighted by atomic mass is 9.63. The summed E-state index contributed by atoms with van der Waals surface area (Å²) < 4.78 is 13.2. The molecule has 4 rings (SSSR count). The van der Waals surface area contributed by atoms with Crippen LogP contribution in [-0.4, -0.2) is 37.0 Å². The molecular weight excluding hydrogens is 327 g/mol. The Morgan fingerprint density at radius 3 is 2.23 bits per heavy atom. The molecule has 1 saturated carbocycles. The van der Waals surface area contributed by atoms with E-state index in [-0.39, 0.29) is 17.1 Å². The van der Waals surface area contributed by atoms with Crippen LogP contribution in [0.1, 0.15) is 31.2 Å². The molecule has 1 aliphatic heterocycles. The van der Waals surface area contributed by atoms with Gasteiger partial charge in [0.25, 0.3) is 0 Å². The number of halogens is 1. The maximum absolute atomic E-state index is 13.4. The molecule has 2 aromatic rings. The summed E-state index contributed by atoms with van der Waals surface area (Å²) in [6, 6.07) is 16.9. The third kappa shape index (κ3) is 3.09. The molecule has 0 aromatic heterocycles. The zero-order valence-corrected chi connectivity index (χ0v) is 15.0. The van der Waals surface area contributed by atoms with Crippen LogP contribution in [0.4, 0.5) is 10.1 Å². The standard InChI is InChI=1S/C22H25FN2O/c23-19-8-10-20(11-9-19)24-14-5-15-25(17-16-24)21(26)22(12-4-13-22)18-6-2-1-3-7-18/h1-3,6-11H,4-5,12-17H2. The van der Waals surface area contributed by atoms with Crippen molar-refractivity contribution in [3.05, 3.63) is 66.0 Å². The number of anilines is 1. The molecule has 2 aromatic carbocycles. The number of hydrogen-bond acceptors (Lipinski definition) is 2. The summed E-state index contributed by atoms with van der Waals surface area (Å²) in [7, 11) is 0. The third-order valence-electron chi connectivity index (χ3n) is 5.92. The lowest BCUT2D eigenvalue weighted by molar-refractivity contribution is -0.140. The molecule has 1 heterocycles. The van der Waals surface area contributed by atoms with E-state index in [2.05, 4.69) is 21.9 Å². The van der Waals surface area contributed by atoms with Gasteiger partial charge in [0.15, 0.2) is 0 Å². The zero-order chi connectivity index (χ0) is 18.0. The lowest BCUT2D eigenvalue weighted by Gasteiger charge is -2.44. The minimum absolute atomic E-state index is 0.213. The van der Waals surface area contributed by atoms with E-state index in [1.54, 1.807) is 0 Å². The van der Waals surface area contributed by atoms with E-state index in [0.29, 0.717) is 0 Å². The summed E-state index contributed by atoms with van der Waals surface area (Å²) in [4.78, 5) is 17.7. The Morgan fingerprint density at radius 1 is 0.846 bits per heavy atom. The smallest absolute Gasteiger partial charge is 0.233 e. The van der Waals surface area contributed by atoms with Crippen LogP contribution < -0.4 is 4.90 Å². The number of rotatable bonds is 3. The van der Waals surface area contributed by atoms with E-state index < -0.39 is 0 Å². The number of benzene rings is 2. The molecular formula is C22H25FN2O. The van der Waals surface area contributed by atoms with Crippen molar-refractivity contribution in [2.24, 2.45) is 0 Å². The molecule has 1 amide bonds. The van der Waals surface area contributed by atoms with Gasteiger partial charge in [-0.05, 0) is 49.1 Å². The molecule has 3 nitrogen and oxygen atoms in total. The first-order chi connectivity index (χ1) is 12.7. The second-order valence-corrected chi connectivity index (χ2v) is 7.41. The van der Waals surface area contributed by atoms with Crippen LogP contribution in [0.3, 0.4) is 0 Å². The highest BCUT2D eigenvalue weighted by Gasteiger charge is 2.47. The van der Waals surface area contributed by atoms with Gasteiger partial charge in [-0.15, -0.1) is 0 Å². The molecule has 2 aliphatic rings. The maximum Gasteiger partial charge on any atom is 0.233 e.